The van der Waals surface area contributed by atoms with E-state index in [9.17, 15) is 27.5 Å². The number of rotatable bonds is 8. The average Bonchev–Trinajstić information content (AvgIpc) is 2.79. The largest absolute Gasteiger partial charge is 0.405 e. The van der Waals surface area contributed by atoms with E-state index in [0.29, 0.717) is 16.6 Å². The molecule has 9 nitrogen and oxygen atoms in total. The first-order valence-electron chi connectivity index (χ1n) is 10.2. The fourth-order valence-electron chi connectivity index (χ4n) is 2.84. The van der Waals surface area contributed by atoms with Gasteiger partial charge in [-0.15, -0.1) is 0 Å². The van der Waals surface area contributed by atoms with Gasteiger partial charge in [0.05, 0.1) is 40.0 Å². The fraction of sp³-hybridized carbons (Fsp3) is 0.318. The van der Waals surface area contributed by atoms with Crippen molar-refractivity contribution in [2.45, 2.75) is 31.8 Å². The van der Waals surface area contributed by atoms with Crippen molar-refractivity contribution >= 4 is 34.3 Å². The zero-order valence-corrected chi connectivity index (χ0v) is 18.6. The Hall–Kier alpha value is -4.05. The van der Waals surface area contributed by atoms with Crippen molar-refractivity contribution < 1.29 is 27.5 Å². The lowest BCUT2D eigenvalue weighted by atomic mass is 10.0. The van der Waals surface area contributed by atoms with Crippen LogP contribution in [0.25, 0.3) is 11.0 Å². The molecular weight excluding hydrogens is 470 g/mol. The molecule has 0 fully saturated rings. The molecule has 0 unspecified atom stereocenters. The van der Waals surface area contributed by atoms with E-state index in [2.05, 4.69) is 30.9 Å². The molecule has 184 valence electrons. The van der Waals surface area contributed by atoms with E-state index in [1.807, 2.05) is 6.07 Å². The van der Waals surface area contributed by atoms with Gasteiger partial charge in [0.2, 0.25) is 0 Å². The van der Waals surface area contributed by atoms with E-state index in [4.69, 9.17) is 5.26 Å². The van der Waals surface area contributed by atoms with Crippen molar-refractivity contribution in [2.24, 2.45) is 0 Å². The molecule has 35 heavy (non-hydrogen) atoms. The summed E-state index contributed by atoms with van der Waals surface area (Å²) >= 11 is 0. The highest BCUT2D eigenvalue weighted by molar-refractivity contribution is 5.99. The van der Waals surface area contributed by atoms with Gasteiger partial charge in [0.25, 0.3) is 5.91 Å². The number of halogens is 4. The quantitative estimate of drug-likeness (QED) is 0.352. The monoisotopic (exact) mass is 491 g/mol. The second-order valence-corrected chi connectivity index (χ2v) is 8.11. The van der Waals surface area contributed by atoms with Crippen LogP contribution in [0, 0.1) is 11.3 Å². The molecule has 1 amide bonds. The maximum atomic E-state index is 14.0. The van der Waals surface area contributed by atoms with Gasteiger partial charge in [0.1, 0.15) is 30.4 Å². The standard InChI is InChI=1S/C22H21F4N7O2/c1-21(2,35)17(23)10-30-20(34)13-9-29-19(6-15(13)31-11-22(24,25)26)33-18-4-3-14-16(32-18)5-12(7-27)8-28-14/h3-6,8-9,17,35H,10-11H2,1-2H3,(H,30,34)(H2,29,31,32,33)/t17-/m1/s1. The summed E-state index contributed by atoms with van der Waals surface area (Å²) in [6.07, 6.45) is -3.94. The smallest absolute Gasteiger partial charge is 0.387 e. The topological polar surface area (TPSA) is 136 Å². The third-order valence-electron chi connectivity index (χ3n) is 4.76. The first-order valence-corrected chi connectivity index (χ1v) is 10.2. The number of nitrogens with zero attached hydrogens (tertiary/aromatic N) is 4. The number of nitrogens with one attached hydrogen (secondary N) is 3. The SMILES string of the molecule is CC(C)(O)[C@H](F)CNC(=O)c1cnc(Nc2ccc3ncc(C#N)cc3n2)cc1NCC(F)(F)F. The molecule has 3 heterocycles. The molecule has 0 saturated heterocycles. The Morgan fingerprint density at radius 2 is 1.89 bits per heavy atom. The Kier molecular flexibility index (Phi) is 7.35. The number of amides is 1. The number of carbonyl (C=O) groups excluding carboxylic acids is 1. The fourth-order valence-corrected chi connectivity index (χ4v) is 2.84. The van der Waals surface area contributed by atoms with Crippen LogP contribution in [-0.4, -0.2) is 57.0 Å². The first kappa shape index (κ1) is 25.6. The molecule has 0 aliphatic heterocycles. The van der Waals surface area contributed by atoms with Gasteiger partial charge in [-0.1, -0.05) is 0 Å². The molecule has 4 N–H and O–H groups in total. The molecule has 0 saturated carbocycles. The molecular formula is C22H21F4N7O2. The van der Waals surface area contributed by atoms with Crippen molar-refractivity contribution in [3.8, 4) is 6.07 Å². The van der Waals surface area contributed by atoms with Crippen LogP contribution in [0.4, 0.5) is 34.9 Å². The van der Waals surface area contributed by atoms with E-state index in [0.717, 1.165) is 6.20 Å². The minimum absolute atomic E-state index is 0.0716. The number of aliphatic hydroxyl groups is 1. The summed E-state index contributed by atoms with van der Waals surface area (Å²) in [5.74, 6) is -0.534. The molecule has 0 aliphatic carbocycles. The minimum atomic E-state index is -4.57. The van der Waals surface area contributed by atoms with Gasteiger partial charge in [0.15, 0.2) is 0 Å². The second kappa shape index (κ2) is 10.1. The Morgan fingerprint density at radius 3 is 2.54 bits per heavy atom. The van der Waals surface area contributed by atoms with E-state index in [1.165, 1.54) is 32.2 Å². The molecule has 1 atom stereocenters. The zero-order chi connectivity index (χ0) is 25.8. The summed E-state index contributed by atoms with van der Waals surface area (Å²) in [7, 11) is 0. The predicted molar refractivity (Wildman–Crippen MR) is 120 cm³/mol. The van der Waals surface area contributed by atoms with Crippen LogP contribution in [0.1, 0.15) is 29.8 Å². The molecule has 13 heteroatoms. The maximum Gasteiger partial charge on any atom is 0.405 e. The van der Waals surface area contributed by atoms with E-state index >= 15 is 0 Å². The summed E-state index contributed by atoms with van der Waals surface area (Å²) in [6, 6.07) is 7.85. The van der Waals surface area contributed by atoms with Gasteiger partial charge in [-0.25, -0.2) is 14.4 Å². The molecule has 3 aromatic heterocycles. The second-order valence-electron chi connectivity index (χ2n) is 8.11. The van der Waals surface area contributed by atoms with Crippen LogP contribution in [0.2, 0.25) is 0 Å². The van der Waals surface area contributed by atoms with Crippen molar-refractivity contribution in [3.63, 3.8) is 0 Å². The van der Waals surface area contributed by atoms with Gasteiger partial charge >= 0.3 is 6.18 Å². The van der Waals surface area contributed by atoms with Crippen LogP contribution in [0.3, 0.4) is 0 Å². The lowest BCUT2D eigenvalue weighted by Crippen LogP contribution is -2.42. The summed E-state index contributed by atoms with van der Waals surface area (Å²) in [5, 5.41) is 25.9. The average molecular weight is 491 g/mol. The summed E-state index contributed by atoms with van der Waals surface area (Å²) in [6.45, 7) is 0.462. The highest BCUT2D eigenvalue weighted by Gasteiger charge is 2.29. The number of aromatic nitrogens is 3. The normalized spacial score (nSPS) is 12.6. The molecule has 0 spiro atoms. The van der Waals surface area contributed by atoms with Crippen LogP contribution in [-0.2, 0) is 0 Å². The van der Waals surface area contributed by atoms with Crippen molar-refractivity contribution in [1.29, 1.82) is 5.26 Å². The van der Waals surface area contributed by atoms with Gasteiger partial charge < -0.3 is 21.1 Å². The number of hydrogen-bond acceptors (Lipinski definition) is 8. The predicted octanol–water partition coefficient (Wildman–Crippen LogP) is 3.45. The lowest BCUT2D eigenvalue weighted by Gasteiger charge is -2.22. The summed E-state index contributed by atoms with van der Waals surface area (Å²) in [4.78, 5) is 25.0. The number of fused-ring (bicyclic) bond motifs is 1. The Balaban J connectivity index is 1.85. The summed E-state index contributed by atoms with van der Waals surface area (Å²) in [5.41, 5.74) is -0.934. The number of anilines is 3. The zero-order valence-electron chi connectivity index (χ0n) is 18.6. The molecule has 0 aliphatic rings. The highest BCUT2D eigenvalue weighted by atomic mass is 19.4. The third-order valence-corrected chi connectivity index (χ3v) is 4.76. The Morgan fingerprint density at radius 1 is 1.14 bits per heavy atom. The summed E-state index contributed by atoms with van der Waals surface area (Å²) < 4.78 is 52.4. The van der Waals surface area contributed by atoms with Crippen LogP contribution >= 0.6 is 0 Å². The van der Waals surface area contributed by atoms with Crippen molar-refractivity contribution in [2.75, 3.05) is 23.7 Å². The van der Waals surface area contributed by atoms with Gasteiger partial charge in [-0.05, 0) is 32.0 Å². The number of hydrogen-bond donors (Lipinski definition) is 4. The number of pyridine rings is 3. The molecule has 0 bridgehead atoms. The molecule has 3 rings (SSSR count). The number of nitriles is 1. The first-order chi connectivity index (χ1) is 16.4. The number of carbonyl (C=O) groups is 1. The Bertz CT molecular complexity index is 1270. The van der Waals surface area contributed by atoms with E-state index in [-0.39, 0.29) is 22.9 Å². The van der Waals surface area contributed by atoms with Gasteiger partial charge in [0, 0.05) is 18.5 Å². The van der Waals surface area contributed by atoms with Crippen LogP contribution < -0.4 is 16.0 Å². The molecule has 3 aromatic rings. The number of alkyl halides is 4. The van der Waals surface area contributed by atoms with Gasteiger partial charge in [-0.3, -0.25) is 9.78 Å². The van der Waals surface area contributed by atoms with E-state index < -0.39 is 36.9 Å². The minimum Gasteiger partial charge on any atom is -0.387 e. The van der Waals surface area contributed by atoms with Crippen molar-refractivity contribution in [3.05, 3.63) is 47.8 Å². The van der Waals surface area contributed by atoms with Crippen molar-refractivity contribution in [1.82, 2.24) is 20.3 Å². The van der Waals surface area contributed by atoms with Gasteiger partial charge in [-0.2, -0.15) is 18.4 Å². The molecule has 0 radical (unpaired) electrons. The van der Waals surface area contributed by atoms with E-state index in [1.54, 1.807) is 12.1 Å². The van der Waals surface area contributed by atoms with Crippen LogP contribution in [0.5, 0.6) is 0 Å². The lowest BCUT2D eigenvalue weighted by molar-refractivity contribution is -0.115. The third kappa shape index (κ3) is 6.97. The van der Waals surface area contributed by atoms with Crippen LogP contribution in [0.15, 0.2) is 36.7 Å². The highest BCUT2D eigenvalue weighted by Crippen LogP contribution is 2.24. The molecule has 0 aromatic carbocycles. The Labute approximate surface area is 197 Å². The maximum absolute atomic E-state index is 14.0.